The third-order valence-electron chi connectivity index (χ3n) is 4.54. The van der Waals surface area contributed by atoms with Crippen molar-refractivity contribution in [2.24, 2.45) is 0 Å². The van der Waals surface area contributed by atoms with Gasteiger partial charge in [0.25, 0.3) is 0 Å². The molecule has 0 spiro atoms. The first kappa shape index (κ1) is 20.7. The van der Waals surface area contributed by atoms with E-state index < -0.39 is 5.60 Å². The normalized spacial score (nSPS) is 18.2. The predicted molar refractivity (Wildman–Crippen MR) is 109 cm³/mol. The molecule has 0 radical (unpaired) electrons. The third kappa shape index (κ3) is 5.52. The van der Waals surface area contributed by atoms with Crippen LogP contribution >= 0.6 is 15.9 Å². The minimum Gasteiger partial charge on any atom is -0.444 e. The number of carbonyl (C=O) groups is 1. The number of hydrogen-bond acceptors (Lipinski definition) is 4. The quantitative estimate of drug-likeness (QED) is 0.676. The van der Waals surface area contributed by atoms with Crippen LogP contribution in [0, 0.1) is 5.82 Å². The highest BCUT2D eigenvalue weighted by Gasteiger charge is 2.33. The Morgan fingerprint density at radius 1 is 1.25 bits per heavy atom. The van der Waals surface area contributed by atoms with Crippen LogP contribution in [-0.2, 0) is 11.3 Å². The van der Waals surface area contributed by atoms with E-state index in [-0.39, 0.29) is 18.0 Å². The summed E-state index contributed by atoms with van der Waals surface area (Å²) >= 11 is 3.46. The minimum atomic E-state index is -0.540. The number of amides is 1. The minimum absolute atomic E-state index is 0.0548. The molecule has 2 aromatic rings. The van der Waals surface area contributed by atoms with Gasteiger partial charge in [-0.3, -0.25) is 9.88 Å². The Morgan fingerprint density at radius 3 is 2.61 bits per heavy atom. The van der Waals surface area contributed by atoms with Crippen molar-refractivity contribution in [3.05, 3.63) is 64.1 Å². The number of benzene rings is 1. The summed E-state index contributed by atoms with van der Waals surface area (Å²) in [7, 11) is 0. The molecule has 1 unspecified atom stereocenters. The summed E-state index contributed by atoms with van der Waals surface area (Å²) in [6.07, 6.45) is 3.28. The summed E-state index contributed by atoms with van der Waals surface area (Å²) in [5.74, 6) is -0.272. The van der Waals surface area contributed by atoms with Crippen LogP contribution in [-0.4, -0.2) is 46.1 Å². The van der Waals surface area contributed by atoms with Gasteiger partial charge in [0.05, 0.1) is 6.04 Å². The molecule has 0 saturated carbocycles. The van der Waals surface area contributed by atoms with Crippen molar-refractivity contribution in [3.8, 4) is 0 Å². The van der Waals surface area contributed by atoms with Crippen LogP contribution < -0.4 is 0 Å². The van der Waals surface area contributed by atoms with Crippen molar-refractivity contribution in [3.63, 3.8) is 0 Å². The molecule has 1 aromatic carbocycles. The maximum Gasteiger partial charge on any atom is 0.410 e. The van der Waals surface area contributed by atoms with Crippen LogP contribution in [0.1, 0.15) is 37.9 Å². The first-order valence-electron chi connectivity index (χ1n) is 9.28. The van der Waals surface area contributed by atoms with Gasteiger partial charge in [-0.25, -0.2) is 9.18 Å². The SMILES string of the molecule is CC(C)(C)OC(=O)N1CCN(Cc2cncc(Br)c2)C(c2ccc(F)cc2)C1. The van der Waals surface area contributed by atoms with Crippen LogP contribution in [0.15, 0.2) is 47.2 Å². The maximum absolute atomic E-state index is 13.4. The van der Waals surface area contributed by atoms with Gasteiger partial charge in [-0.2, -0.15) is 0 Å². The van der Waals surface area contributed by atoms with Crippen molar-refractivity contribution in [1.29, 1.82) is 0 Å². The van der Waals surface area contributed by atoms with E-state index in [0.717, 1.165) is 15.6 Å². The molecular formula is C21H25BrFN3O2. The molecule has 0 aliphatic carbocycles. The third-order valence-corrected chi connectivity index (χ3v) is 4.98. The van der Waals surface area contributed by atoms with E-state index in [0.29, 0.717) is 26.2 Å². The molecule has 7 heteroatoms. The number of ether oxygens (including phenoxy) is 1. The van der Waals surface area contributed by atoms with Gasteiger partial charge < -0.3 is 9.64 Å². The number of rotatable bonds is 3. The average Bonchev–Trinajstić information content (AvgIpc) is 2.61. The van der Waals surface area contributed by atoms with Crippen LogP contribution in [0.4, 0.5) is 9.18 Å². The molecule has 1 atom stereocenters. The molecule has 1 saturated heterocycles. The van der Waals surface area contributed by atoms with Crippen LogP contribution in [0.5, 0.6) is 0 Å². The lowest BCUT2D eigenvalue weighted by Crippen LogP contribution is -2.51. The average molecular weight is 450 g/mol. The highest BCUT2D eigenvalue weighted by Crippen LogP contribution is 2.28. The van der Waals surface area contributed by atoms with Crippen LogP contribution in [0.3, 0.4) is 0 Å². The monoisotopic (exact) mass is 449 g/mol. The van der Waals surface area contributed by atoms with Crippen LogP contribution in [0.25, 0.3) is 0 Å². The van der Waals surface area contributed by atoms with Crippen molar-refractivity contribution >= 4 is 22.0 Å². The second kappa shape index (κ2) is 8.57. The van der Waals surface area contributed by atoms with E-state index in [4.69, 9.17) is 4.74 Å². The molecule has 3 rings (SSSR count). The first-order chi connectivity index (χ1) is 13.2. The number of aromatic nitrogens is 1. The summed E-state index contributed by atoms with van der Waals surface area (Å²) in [6, 6.07) is 8.46. The standard InChI is InChI=1S/C21H25BrFN3O2/c1-21(2,3)28-20(27)26-9-8-25(13-15-10-17(22)12-24-11-15)19(14-26)16-4-6-18(23)7-5-16/h4-7,10-12,19H,8-9,13-14H2,1-3H3. The van der Waals surface area contributed by atoms with Crippen molar-refractivity contribution in [1.82, 2.24) is 14.8 Å². The first-order valence-corrected chi connectivity index (χ1v) is 10.1. The lowest BCUT2D eigenvalue weighted by atomic mass is 10.0. The van der Waals surface area contributed by atoms with Gasteiger partial charge >= 0.3 is 6.09 Å². The molecular weight excluding hydrogens is 425 g/mol. The van der Waals surface area contributed by atoms with Crippen molar-refractivity contribution in [2.75, 3.05) is 19.6 Å². The lowest BCUT2D eigenvalue weighted by Gasteiger charge is -2.42. The molecule has 1 amide bonds. The van der Waals surface area contributed by atoms with E-state index in [1.807, 2.05) is 33.0 Å². The molecule has 0 bridgehead atoms. The summed E-state index contributed by atoms with van der Waals surface area (Å²) in [6.45, 7) is 8.02. The van der Waals surface area contributed by atoms with Gasteiger partial charge in [-0.15, -0.1) is 0 Å². The van der Waals surface area contributed by atoms with Gasteiger partial charge in [-0.05, 0) is 66.0 Å². The summed E-state index contributed by atoms with van der Waals surface area (Å²) in [4.78, 5) is 20.8. The number of hydrogen-bond donors (Lipinski definition) is 0. The molecule has 1 aliphatic heterocycles. The zero-order valence-electron chi connectivity index (χ0n) is 16.4. The predicted octanol–water partition coefficient (Wildman–Crippen LogP) is 4.78. The highest BCUT2D eigenvalue weighted by molar-refractivity contribution is 9.10. The number of pyridine rings is 1. The fraction of sp³-hybridized carbons (Fsp3) is 0.429. The summed E-state index contributed by atoms with van der Waals surface area (Å²) < 4.78 is 19.9. The topological polar surface area (TPSA) is 45.7 Å². The Labute approximate surface area is 173 Å². The second-order valence-corrected chi connectivity index (χ2v) is 8.89. The van der Waals surface area contributed by atoms with Gasteiger partial charge in [0.15, 0.2) is 0 Å². The zero-order chi connectivity index (χ0) is 20.3. The fourth-order valence-corrected chi connectivity index (χ4v) is 3.69. The molecule has 1 aliphatic rings. The highest BCUT2D eigenvalue weighted by atomic mass is 79.9. The Hall–Kier alpha value is -1.99. The van der Waals surface area contributed by atoms with Gasteiger partial charge in [0, 0.05) is 43.0 Å². The Balaban J connectivity index is 1.81. The smallest absolute Gasteiger partial charge is 0.410 e. The second-order valence-electron chi connectivity index (χ2n) is 7.98. The van der Waals surface area contributed by atoms with Gasteiger partial charge in [0.1, 0.15) is 11.4 Å². The van der Waals surface area contributed by atoms with E-state index in [2.05, 4.69) is 25.8 Å². The van der Waals surface area contributed by atoms with E-state index >= 15 is 0 Å². The molecule has 1 fully saturated rings. The maximum atomic E-state index is 13.4. The lowest BCUT2D eigenvalue weighted by molar-refractivity contribution is 0.00201. The largest absolute Gasteiger partial charge is 0.444 e. The molecule has 28 heavy (non-hydrogen) atoms. The van der Waals surface area contributed by atoms with E-state index in [1.165, 1.54) is 12.1 Å². The number of carbonyl (C=O) groups excluding carboxylic acids is 1. The number of piperazine rings is 1. The van der Waals surface area contributed by atoms with Crippen molar-refractivity contribution < 1.29 is 13.9 Å². The Kier molecular flexibility index (Phi) is 6.35. The van der Waals surface area contributed by atoms with E-state index in [1.54, 1.807) is 23.2 Å². The zero-order valence-corrected chi connectivity index (χ0v) is 17.9. The Bertz CT molecular complexity index is 823. The number of nitrogens with zero attached hydrogens (tertiary/aromatic N) is 3. The van der Waals surface area contributed by atoms with Crippen molar-refractivity contribution in [2.45, 2.75) is 39.0 Å². The van der Waals surface area contributed by atoms with Gasteiger partial charge in [-0.1, -0.05) is 12.1 Å². The Morgan fingerprint density at radius 2 is 1.96 bits per heavy atom. The molecule has 1 aromatic heterocycles. The van der Waals surface area contributed by atoms with E-state index in [9.17, 15) is 9.18 Å². The molecule has 0 N–H and O–H groups in total. The van der Waals surface area contributed by atoms with Crippen LogP contribution in [0.2, 0.25) is 0 Å². The molecule has 2 heterocycles. The summed E-state index contributed by atoms with van der Waals surface area (Å²) in [5.41, 5.74) is 1.51. The number of halogens is 2. The fourth-order valence-electron chi connectivity index (χ4n) is 3.28. The van der Waals surface area contributed by atoms with Gasteiger partial charge in [0.2, 0.25) is 0 Å². The molecule has 150 valence electrons. The summed E-state index contributed by atoms with van der Waals surface area (Å²) in [5, 5.41) is 0. The molecule has 5 nitrogen and oxygen atoms in total.